The SMILES string of the molecule is CC(C)Cn1cc(C=O)c2c(C(=O)O)cccc21. The van der Waals surface area contributed by atoms with Gasteiger partial charge in [-0.3, -0.25) is 4.79 Å². The predicted molar refractivity (Wildman–Crippen MR) is 69.1 cm³/mol. The highest BCUT2D eigenvalue weighted by atomic mass is 16.4. The highest BCUT2D eigenvalue weighted by Crippen LogP contribution is 2.25. The quantitative estimate of drug-likeness (QED) is 0.842. The van der Waals surface area contributed by atoms with Gasteiger partial charge < -0.3 is 9.67 Å². The Morgan fingerprint density at radius 2 is 2.17 bits per heavy atom. The molecule has 1 N–H and O–H groups in total. The van der Waals surface area contributed by atoms with Crippen LogP contribution in [-0.2, 0) is 6.54 Å². The molecule has 0 atom stereocenters. The second kappa shape index (κ2) is 4.64. The molecule has 0 fully saturated rings. The largest absolute Gasteiger partial charge is 0.478 e. The number of hydrogen-bond donors (Lipinski definition) is 1. The minimum atomic E-state index is -1.01. The van der Waals surface area contributed by atoms with Gasteiger partial charge in [-0.25, -0.2) is 4.79 Å². The molecule has 0 aliphatic carbocycles. The number of hydrogen-bond acceptors (Lipinski definition) is 2. The summed E-state index contributed by atoms with van der Waals surface area (Å²) in [5, 5.41) is 9.70. The molecule has 1 aromatic carbocycles. The first-order valence-corrected chi connectivity index (χ1v) is 5.85. The van der Waals surface area contributed by atoms with Gasteiger partial charge in [-0.05, 0) is 18.1 Å². The maximum Gasteiger partial charge on any atom is 0.336 e. The van der Waals surface area contributed by atoms with Crippen molar-refractivity contribution in [3.8, 4) is 0 Å². The number of fused-ring (bicyclic) bond motifs is 1. The average molecular weight is 245 g/mol. The zero-order valence-electron chi connectivity index (χ0n) is 10.4. The molecule has 94 valence electrons. The van der Waals surface area contributed by atoms with Gasteiger partial charge in [-0.1, -0.05) is 19.9 Å². The number of aldehydes is 1. The van der Waals surface area contributed by atoms with Gasteiger partial charge in [0.25, 0.3) is 0 Å². The summed E-state index contributed by atoms with van der Waals surface area (Å²) in [5.41, 5.74) is 1.41. The van der Waals surface area contributed by atoms with E-state index in [4.69, 9.17) is 5.11 Å². The summed E-state index contributed by atoms with van der Waals surface area (Å²) < 4.78 is 1.94. The van der Waals surface area contributed by atoms with Gasteiger partial charge in [0.1, 0.15) is 0 Å². The van der Waals surface area contributed by atoms with Gasteiger partial charge in [-0.15, -0.1) is 0 Å². The van der Waals surface area contributed by atoms with Crippen molar-refractivity contribution in [2.75, 3.05) is 0 Å². The number of aromatic nitrogens is 1. The summed E-state index contributed by atoms with van der Waals surface area (Å²) in [6, 6.07) is 5.08. The van der Waals surface area contributed by atoms with Crippen LogP contribution in [0.15, 0.2) is 24.4 Å². The lowest BCUT2D eigenvalue weighted by Crippen LogP contribution is -2.03. The Bertz CT molecular complexity index is 611. The monoisotopic (exact) mass is 245 g/mol. The van der Waals surface area contributed by atoms with Gasteiger partial charge in [-0.2, -0.15) is 0 Å². The molecule has 0 saturated carbocycles. The zero-order chi connectivity index (χ0) is 13.3. The van der Waals surface area contributed by atoms with Crippen molar-refractivity contribution >= 4 is 23.2 Å². The molecule has 0 bridgehead atoms. The van der Waals surface area contributed by atoms with E-state index in [1.165, 1.54) is 6.07 Å². The van der Waals surface area contributed by atoms with E-state index in [1.54, 1.807) is 12.3 Å². The number of nitrogens with zero attached hydrogens (tertiary/aromatic N) is 1. The van der Waals surface area contributed by atoms with Crippen molar-refractivity contribution in [3.63, 3.8) is 0 Å². The third kappa shape index (κ3) is 2.01. The Kier molecular flexibility index (Phi) is 3.19. The van der Waals surface area contributed by atoms with Crippen molar-refractivity contribution < 1.29 is 14.7 Å². The number of rotatable bonds is 4. The van der Waals surface area contributed by atoms with Crippen molar-refractivity contribution in [1.29, 1.82) is 0 Å². The zero-order valence-corrected chi connectivity index (χ0v) is 10.4. The molecule has 2 aromatic rings. The first-order valence-electron chi connectivity index (χ1n) is 5.85. The molecule has 0 spiro atoms. The molecule has 0 saturated heterocycles. The molecule has 0 unspecified atom stereocenters. The molecular formula is C14H15NO3. The summed E-state index contributed by atoms with van der Waals surface area (Å²) in [5.74, 6) is -0.584. The number of carbonyl (C=O) groups is 2. The second-order valence-electron chi connectivity index (χ2n) is 4.75. The summed E-state index contributed by atoms with van der Waals surface area (Å²) in [6.45, 7) is 4.91. The summed E-state index contributed by atoms with van der Waals surface area (Å²) >= 11 is 0. The highest BCUT2D eigenvalue weighted by molar-refractivity contribution is 6.09. The topological polar surface area (TPSA) is 59.3 Å². The van der Waals surface area contributed by atoms with E-state index in [2.05, 4.69) is 13.8 Å². The van der Waals surface area contributed by atoms with Gasteiger partial charge in [0.2, 0.25) is 0 Å². The first-order chi connectivity index (χ1) is 8.54. The summed E-state index contributed by atoms with van der Waals surface area (Å²) in [7, 11) is 0. The fourth-order valence-corrected chi connectivity index (χ4v) is 2.20. The Balaban J connectivity index is 2.74. The Morgan fingerprint density at radius 3 is 2.72 bits per heavy atom. The summed E-state index contributed by atoms with van der Waals surface area (Å²) in [6.07, 6.45) is 2.44. The predicted octanol–water partition coefficient (Wildman–Crippen LogP) is 2.81. The van der Waals surface area contributed by atoms with E-state index in [1.807, 2.05) is 10.6 Å². The lowest BCUT2D eigenvalue weighted by Gasteiger charge is -2.08. The van der Waals surface area contributed by atoms with Crippen LogP contribution >= 0.6 is 0 Å². The standard InChI is InChI=1S/C14H15NO3/c1-9(2)6-15-7-10(8-16)13-11(14(17)18)4-3-5-12(13)15/h3-5,7-9H,6H2,1-2H3,(H,17,18). The van der Waals surface area contributed by atoms with Crippen LogP contribution in [0.4, 0.5) is 0 Å². The molecular weight excluding hydrogens is 230 g/mol. The highest BCUT2D eigenvalue weighted by Gasteiger charge is 2.16. The number of carbonyl (C=O) groups excluding carboxylic acids is 1. The van der Waals surface area contributed by atoms with Crippen molar-refractivity contribution in [2.45, 2.75) is 20.4 Å². The third-order valence-corrected chi connectivity index (χ3v) is 2.85. The van der Waals surface area contributed by atoms with Crippen LogP contribution in [0.2, 0.25) is 0 Å². The molecule has 0 aliphatic rings. The third-order valence-electron chi connectivity index (χ3n) is 2.85. The van der Waals surface area contributed by atoms with Crippen LogP contribution in [-0.4, -0.2) is 21.9 Å². The number of carboxylic acid groups (broad SMARTS) is 1. The van der Waals surface area contributed by atoms with Gasteiger partial charge in [0.15, 0.2) is 6.29 Å². The lowest BCUT2D eigenvalue weighted by atomic mass is 10.1. The number of aromatic carboxylic acids is 1. The average Bonchev–Trinajstić information content (AvgIpc) is 2.66. The molecule has 0 radical (unpaired) electrons. The molecule has 4 heteroatoms. The van der Waals surface area contributed by atoms with E-state index in [0.29, 0.717) is 23.2 Å². The van der Waals surface area contributed by atoms with Crippen molar-refractivity contribution in [2.24, 2.45) is 5.92 Å². The van der Waals surface area contributed by atoms with Crippen LogP contribution in [0.25, 0.3) is 10.9 Å². The van der Waals surface area contributed by atoms with Crippen LogP contribution in [0.3, 0.4) is 0 Å². The molecule has 2 rings (SSSR count). The Morgan fingerprint density at radius 1 is 1.44 bits per heavy atom. The maximum atomic E-state index is 11.2. The van der Waals surface area contributed by atoms with Crippen LogP contribution in [0, 0.1) is 5.92 Å². The van der Waals surface area contributed by atoms with E-state index in [0.717, 1.165) is 12.1 Å². The van der Waals surface area contributed by atoms with Crippen molar-refractivity contribution in [3.05, 3.63) is 35.5 Å². The van der Waals surface area contributed by atoms with Crippen LogP contribution < -0.4 is 0 Å². The minimum Gasteiger partial charge on any atom is -0.478 e. The molecule has 1 heterocycles. The second-order valence-corrected chi connectivity index (χ2v) is 4.75. The molecule has 4 nitrogen and oxygen atoms in total. The number of benzene rings is 1. The van der Waals surface area contributed by atoms with E-state index in [9.17, 15) is 9.59 Å². The first kappa shape index (κ1) is 12.4. The van der Waals surface area contributed by atoms with Crippen molar-refractivity contribution in [1.82, 2.24) is 4.57 Å². The smallest absolute Gasteiger partial charge is 0.336 e. The molecule has 18 heavy (non-hydrogen) atoms. The fourth-order valence-electron chi connectivity index (χ4n) is 2.20. The van der Waals surface area contributed by atoms with E-state index >= 15 is 0 Å². The molecule has 0 amide bonds. The van der Waals surface area contributed by atoms with E-state index in [-0.39, 0.29) is 5.56 Å². The number of carboxylic acids is 1. The van der Waals surface area contributed by atoms with Crippen LogP contribution in [0.5, 0.6) is 0 Å². The Hall–Kier alpha value is -2.10. The molecule has 1 aromatic heterocycles. The lowest BCUT2D eigenvalue weighted by molar-refractivity contribution is 0.0699. The van der Waals surface area contributed by atoms with Gasteiger partial charge >= 0.3 is 5.97 Å². The minimum absolute atomic E-state index is 0.178. The maximum absolute atomic E-state index is 11.2. The van der Waals surface area contributed by atoms with Crippen LogP contribution in [0.1, 0.15) is 34.6 Å². The van der Waals surface area contributed by atoms with E-state index < -0.39 is 5.97 Å². The Labute approximate surface area is 105 Å². The van der Waals surface area contributed by atoms with Gasteiger partial charge in [0, 0.05) is 29.2 Å². The molecule has 0 aliphatic heterocycles. The summed E-state index contributed by atoms with van der Waals surface area (Å²) in [4.78, 5) is 22.3. The fraction of sp³-hybridized carbons (Fsp3) is 0.286. The van der Waals surface area contributed by atoms with Gasteiger partial charge in [0.05, 0.1) is 5.56 Å². The normalized spacial score (nSPS) is 11.1.